The Morgan fingerprint density at radius 2 is 1.74 bits per heavy atom. The molecule has 0 spiro atoms. The van der Waals surface area contributed by atoms with Gasteiger partial charge in [0.2, 0.25) is 0 Å². The van der Waals surface area contributed by atoms with E-state index in [1.165, 1.54) is 11.1 Å². The van der Waals surface area contributed by atoms with E-state index in [2.05, 4.69) is 57.1 Å². The Kier molecular flexibility index (Phi) is 4.32. The van der Waals surface area contributed by atoms with Crippen molar-refractivity contribution in [1.82, 2.24) is 4.90 Å². The summed E-state index contributed by atoms with van der Waals surface area (Å²) in [5, 5.41) is 9.68. The van der Waals surface area contributed by atoms with Gasteiger partial charge in [0.25, 0.3) is 0 Å². The molecule has 1 saturated carbocycles. The van der Waals surface area contributed by atoms with Gasteiger partial charge in [-0.25, -0.2) is 0 Å². The lowest BCUT2D eigenvalue weighted by Crippen LogP contribution is -2.30. The Hall–Kier alpha value is -0.860. The molecule has 1 aliphatic rings. The summed E-state index contributed by atoms with van der Waals surface area (Å²) in [4.78, 5) is 2.25. The minimum absolute atomic E-state index is 0.100. The van der Waals surface area contributed by atoms with Crippen LogP contribution in [0.15, 0.2) is 24.3 Å². The normalized spacial score (nSPS) is 18.9. The molecule has 0 aliphatic heterocycles. The quantitative estimate of drug-likeness (QED) is 0.849. The molecule has 0 saturated heterocycles. The monoisotopic (exact) mass is 261 g/mol. The van der Waals surface area contributed by atoms with E-state index in [0.29, 0.717) is 18.6 Å². The van der Waals surface area contributed by atoms with Gasteiger partial charge in [0.05, 0.1) is 6.61 Å². The Labute approximate surface area is 117 Å². The molecule has 2 nitrogen and oxygen atoms in total. The molecule has 1 aromatic carbocycles. The van der Waals surface area contributed by atoms with E-state index in [1.807, 2.05) is 0 Å². The molecule has 2 rings (SSSR count). The fraction of sp³-hybridized carbons (Fsp3) is 0.647. The zero-order chi connectivity index (χ0) is 14.0. The van der Waals surface area contributed by atoms with Crippen LogP contribution in [0.2, 0.25) is 0 Å². The van der Waals surface area contributed by atoms with Gasteiger partial charge < -0.3 is 10.0 Å². The summed E-state index contributed by atoms with van der Waals surface area (Å²) in [7, 11) is 4.23. The maximum absolute atomic E-state index is 9.68. The van der Waals surface area contributed by atoms with Crippen LogP contribution in [-0.2, 0) is 6.42 Å². The van der Waals surface area contributed by atoms with Crippen molar-refractivity contribution in [1.29, 1.82) is 0 Å². The first-order chi connectivity index (χ1) is 8.98. The number of rotatable bonds is 6. The van der Waals surface area contributed by atoms with Gasteiger partial charge in [0, 0.05) is 11.5 Å². The molecule has 1 N–H and O–H groups in total. The Bertz CT molecular complexity index is 404. The summed E-state index contributed by atoms with van der Waals surface area (Å²) in [6.07, 6.45) is 3.41. The second-order valence-corrected chi connectivity index (χ2v) is 6.73. The van der Waals surface area contributed by atoms with Crippen molar-refractivity contribution >= 4 is 0 Å². The highest BCUT2D eigenvalue weighted by atomic mass is 16.3. The molecule has 1 fully saturated rings. The fourth-order valence-electron chi connectivity index (χ4n) is 3.19. The van der Waals surface area contributed by atoms with Crippen LogP contribution in [0.1, 0.15) is 43.9 Å². The van der Waals surface area contributed by atoms with Crippen molar-refractivity contribution < 1.29 is 5.11 Å². The largest absolute Gasteiger partial charge is 0.396 e. The van der Waals surface area contributed by atoms with Crippen molar-refractivity contribution in [2.45, 2.75) is 39.2 Å². The lowest BCUT2D eigenvalue weighted by Gasteiger charge is -2.32. The summed E-state index contributed by atoms with van der Waals surface area (Å²) in [5.41, 5.74) is 2.84. The van der Waals surface area contributed by atoms with Crippen molar-refractivity contribution in [2.24, 2.45) is 11.3 Å². The lowest BCUT2D eigenvalue weighted by molar-refractivity contribution is 0.115. The topological polar surface area (TPSA) is 23.5 Å². The average molecular weight is 261 g/mol. The second kappa shape index (κ2) is 5.64. The zero-order valence-corrected chi connectivity index (χ0v) is 12.7. The average Bonchev–Trinajstić information content (AvgIpc) is 3.11. The molecule has 1 aromatic rings. The molecule has 1 atom stereocenters. The number of hydrogen-bond acceptors (Lipinski definition) is 2. The third-order valence-corrected chi connectivity index (χ3v) is 4.24. The van der Waals surface area contributed by atoms with E-state index in [0.717, 1.165) is 19.3 Å². The molecular formula is C17H27NO. The molecule has 2 heteroatoms. The highest BCUT2D eigenvalue weighted by Crippen LogP contribution is 2.56. The Balaban J connectivity index is 2.19. The summed E-state index contributed by atoms with van der Waals surface area (Å²) < 4.78 is 0. The van der Waals surface area contributed by atoms with Gasteiger partial charge in [0.15, 0.2) is 0 Å². The van der Waals surface area contributed by atoms with Crippen LogP contribution in [0, 0.1) is 11.3 Å². The molecular weight excluding hydrogens is 234 g/mol. The molecule has 19 heavy (non-hydrogen) atoms. The van der Waals surface area contributed by atoms with E-state index in [-0.39, 0.29) is 5.41 Å². The van der Waals surface area contributed by atoms with Crippen LogP contribution in [0.25, 0.3) is 0 Å². The number of benzene rings is 1. The van der Waals surface area contributed by atoms with Crippen molar-refractivity contribution in [2.75, 3.05) is 20.7 Å². The van der Waals surface area contributed by atoms with E-state index in [9.17, 15) is 5.11 Å². The minimum Gasteiger partial charge on any atom is -0.396 e. The molecule has 0 amide bonds. The van der Waals surface area contributed by atoms with E-state index >= 15 is 0 Å². The minimum atomic E-state index is 0.100. The molecule has 0 heterocycles. The number of aliphatic hydroxyl groups excluding tert-OH is 1. The SMILES string of the molecule is CC(C)Cc1ccc(C(N(C)C)C2(CO)CC2)cc1. The molecule has 0 radical (unpaired) electrons. The summed E-state index contributed by atoms with van der Waals surface area (Å²) in [6.45, 7) is 4.80. The number of aliphatic hydroxyl groups is 1. The predicted molar refractivity (Wildman–Crippen MR) is 80.2 cm³/mol. The predicted octanol–water partition coefficient (Wildman–Crippen LogP) is 3.26. The van der Waals surface area contributed by atoms with Gasteiger partial charge in [-0.05, 0) is 50.4 Å². The molecule has 0 bridgehead atoms. The first kappa shape index (κ1) is 14.5. The highest BCUT2D eigenvalue weighted by Gasteiger charge is 2.50. The molecule has 106 valence electrons. The van der Waals surface area contributed by atoms with E-state index < -0.39 is 0 Å². The smallest absolute Gasteiger partial charge is 0.0505 e. The molecule has 1 aliphatic carbocycles. The van der Waals surface area contributed by atoms with Crippen LogP contribution >= 0.6 is 0 Å². The zero-order valence-electron chi connectivity index (χ0n) is 12.7. The van der Waals surface area contributed by atoms with Gasteiger partial charge in [-0.1, -0.05) is 38.1 Å². The van der Waals surface area contributed by atoms with Crippen LogP contribution < -0.4 is 0 Å². The van der Waals surface area contributed by atoms with E-state index in [1.54, 1.807) is 0 Å². The van der Waals surface area contributed by atoms with Crippen LogP contribution in [0.3, 0.4) is 0 Å². The van der Waals surface area contributed by atoms with Gasteiger partial charge in [-0.3, -0.25) is 0 Å². The maximum atomic E-state index is 9.68. The number of nitrogens with zero attached hydrogens (tertiary/aromatic N) is 1. The van der Waals surface area contributed by atoms with Gasteiger partial charge in [-0.2, -0.15) is 0 Å². The molecule has 0 aromatic heterocycles. The Morgan fingerprint density at radius 3 is 2.11 bits per heavy atom. The maximum Gasteiger partial charge on any atom is 0.0505 e. The number of hydrogen-bond donors (Lipinski definition) is 1. The van der Waals surface area contributed by atoms with Gasteiger partial charge >= 0.3 is 0 Å². The lowest BCUT2D eigenvalue weighted by atomic mass is 9.88. The Morgan fingerprint density at radius 1 is 1.16 bits per heavy atom. The third kappa shape index (κ3) is 3.18. The molecule has 1 unspecified atom stereocenters. The van der Waals surface area contributed by atoms with Crippen LogP contribution in [-0.4, -0.2) is 30.7 Å². The summed E-state index contributed by atoms with van der Waals surface area (Å²) in [6, 6.07) is 9.33. The third-order valence-electron chi connectivity index (χ3n) is 4.24. The first-order valence-electron chi connectivity index (χ1n) is 7.34. The fourth-order valence-corrected chi connectivity index (χ4v) is 3.19. The first-order valence-corrected chi connectivity index (χ1v) is 7.34. The van der Waals surface area contributed by atoms with E-state index in [4.69, 9.17) is 0 Å². The van der Waals surface area contributed by atoms with Crippen molar-refractivity contribution in [3.05, 3.63) is 35.4 Å². The van der Waals surface area contributed by atoms with Gasteiger partial charge in [0.1, 0.15) is 0 Å². The summed E-state index contributed by atoms with van der Waals surface area (Å²) in [5.74, 6) is 0.697. The van der Waals surface area contributed by atoms with Crippen LogP contribution in [0.4, 0.5) is 0 Å². The summed E-state index contributed by atoms with van der Waals surface area (Å²) >= 11 is 0. The standard InChI is InChI=1S/C17H27NO/c1-13(2)11-14-5-7-15(8-6-14)16(18(3)4)17(12-19)9-10-17/h5-8,13,16,19H,9-12H2,1-4H3. The highest BCUT2D eigenvalue weighted by molar-refractivity contribution is 5.28. The van der Waals surface area contributed by atoms with Gasteiger partial charge in [-0.15, -0.1) is 0 Å². The van der Waals surface area contributed by atoms with Crippen LogP contribution in [0.5, 0.6) is 0 Å². The van der Waals surface area contributed by atoms with Crippen molar-refractivity contribution in [3.63, 3.8) is 0 Å². The second-order valence-electron chi connectivity index (χ2n) is 6.73. The van der Waals surface area contributed by atoms with Crippen molar-refractivity contribution in [3.8, 4) is 0 Å².